The lowest BCUT2D eigenvalue weighted by molar-refractivity contribution is 0.400. The van der Waals surface area contributed by atoms with E-state index in [0.29, 0.717) is 13.0 Å². The Morgan fingerprint density at radius 3 is 2.43 bits per heavy atom. The summed E-state index contributed by atoms with van der Waals surface area (Å²) in [7, 11) is -2.83. The number of sulfone groups is 1. The van der Waals surface area contributed by atoms with Gasteiger partial charge in [0.05, 0.1) is 5.75 Å². The fourth-order valence-electron chi connectivity index (χ4n) is 1.13. The van der Waals surface area contributed by atoms with Gasteiger partial charge >= 0.3 is 0 Å². The Labute approximate surface area is 87.3 Å². The quantitative estimate of drug-likeness (QED) is 0.658. The SMILES string of the molecule is C=CC(C)(CN)CCCS(=O)(=O)CC. The van der Waals surface area contributed by atoms with Crippen molar-refractivity contribution in [3.05, 3.63) is 12.7 Å². The minimum Gasteiger partial charge on any atom is -0.330 e. The largest absolute Gasteiger partial charge is 0.330 e. The second-order valence-electron chi connectivity index (χ2n) is 3.90. The van der Waals surface area contributed by atoms with E-state index in [0.717, 1.165) is 6.42 Å². The average Bonchev–Trinajstić information content (AvgIpc) is 2.17. The van der Waals surface area contributed by atoms with Crippen LogP contribution < -0.4 is 5.73 Å². The van der Waals surface area contributed by atoms with Crippen molar-refractivity contribution in [3.8, 4) is 0 Å². The Bertz CT molecular complexity index is 272. The summed E-state index contributed by atoms with van der Waals surface area (Å²) >= 11 is 0. The van der Waals surface area contributed by atoms with E-state index in [1.54, 1.807) is 6.92 Å². The van der Waals surface area contributed by atoms with Crippen LogP contribution in [0.5, 0.6) is 0 Å². The van der Waals surface area contributed by atoms with Gasteiger partial charge in [-0.2, -0.15) is 0 Å². The predicted molar refractivity (Wildman–Crippen MR) is 60.9 cm³/mol. The fourth-order valence-corrected chi connectivity index (χ4v) is 2.00. The molecule has 2 N–H and O–H groups in total. The molecule has 0 heterocycles. The van der Waals surface area contributed by atoms with Crippen LogP contribution in [-0.2, 0) is 9.84 Å². The van der Waals surface area contributed by atoms with Crippen LogP contribution in [0.3, 0.4) is 0 Å². The molecular weight excluding hydrogens is 198 g/mol. The third kappa shape index (κ3) is 4.77. The maximum absolute atomic E-state index is 11.2. The third-order valence-corrected chi connectivity index (χ3v) is 4.39. The molecule has 0 saturated heterocycles. The van der Waals surface area contributed by atoms with E-state index in [1.807, 2.05) is 13.0 Å². The van der Waals surface area contributed by atoms with E-state index in [1.165, 1.54) is 0 Å². The lowest BCUT2D eigenvalue weighted by atomic mass is 9.86. The molecule has 0 bridgehead atoms. The summed E-state index contributed by atoms with van der Waals surface area (Å²) in [6.45, 7) is 7.90. The van der Waals surface area contributed by atoms with Gasteiger partial charge in [-0.05, 0) is 18.3 Å². The number of hydrogen-bond donors (Lipinski definition) is 1. The molecule has 3 nitrogen and oxygen atoms in total. The molecule has 0 aromatic carbocycles. The minimum atomic E-state index is -2.83. The summed E-state index contributed by atoms with van der Waals surface area (Å²) in [5.74, 6) is 0.480. The van der Waals surface area contributed by atoms with Crippen LogP contribution in [0.1, 0.15) is 26.7 Å². The van der Waals surface area contributed by atoms with Crippen molar-refractivity contribution < 1.29 is 8.42 Å². The molecule has 0 aromatic heterocycles. The van der Waals surface area contributed by atoms with Crippen molar-refractivity contribution in [2.75, 3.05) is 18.1 Å². The van der Waals surface area contributed by atoms with Crippen molar-refractivity contribution in [2.45, 2.75) is 26.7 Å². The zero-order valence-electron chi connectivity index (χ0n) is 9.12. The van der Waals surface area contributed by atoms with Crippen molar-refractivity contribution in [1.29, 1.82) is 0 Å². The van der Waals surface area contributed by atoms with Crippen LogP contribution in [0.15, 0.2) is 12.7 Å². The first-order chi connectivity index (χ1) is 6.39. The second kappa shape index (κ2) is 5.51. The monoisotopic (exact) mass is 219 g/mol. The average molecular weight is 219 g/mol. The molecule has 1 atom stereocenters. The number of rotatable bonds is 7. The second-order valence-corrected chi connectivity index (χ2v) is 6.37. The van der Waals surface area contributed by atoms with Crippen LogP contribution in [0.25, 0.3) is 0 Å². The Morgan fingerprint density at radius 1 is 1.50 bits per heavy atom. The zero-order valence-corrected chi connectivity index (χ0v) is 9.94. The molecule has 0 aliphatic rings. The zero-order chi connectivity index (χ0) is 11.2. The van der Waals surface area contributed by atoms with Crippen molar-refractivity contribution >= 4 is 9.84 Å². The lowest BCUT2D eigenvalue weighted by Gasteiger charge is -2.23. The van der Waals surface area contributed by atoms with Crippen LogP contribution >= 0.6 is 0 Å². The normalized spacial score (nSPS) is 16.2. The summed E-state index contributed by atoms with van der Waals surface area (Å²) in [6, 6.07) is 0. The molecule has 0 rings (SSSR count). The first-order valence-electron chi connectivity index (χ1n) is 4.93. The van der Waals surface area contributed by atoms with E-state index < -0.39 is 9.84 Å². The molecule has 14 heavy (non-hydrogen) atoms. The highest BCUT2D eigenvalue weighted by Crippen LogP contribution is 2.22. The third-order valence-electron chi connectivity index (χ3n) is 2.60. The van der Waals surface area contributed by atoms with Gasteiger partial charge in [0.25, 0.3) is 0 Å². The van der Waals surface area contributed by atoms with Crippen molar-refractivity contribution in [1.82, 2.24) is 0 Å². The predicted octanol–water partition coefficient (Wildman–Crippen LogP) is 1.35. The van der Waals surface area contributed by atoms with Gasteiger partial charge in [-0.3, -0.25) is 0 Å². The van der Waals surface area contributed by atoms with E-state index in [4.69, 9.17) is 5.73 Å². The number of hydrogen-bond acceptors (Lipinski definition) is 3. The van der Waals surface area contributed by atoms with Crippen LogP contribution in [0.4, 0.5) is 0 Å². The van der Waals surface area contributed by atoms with E-state index >= 15 is 0 Å². The molecular formula is C10H21NO2S. The van der Waals surface area contributed by atoms with Crippen molar-refractivity contribution in [2.24, 2.45) is 11.1 Å². The maximum Gasteiger partial charge on any atom is 0.150 e. The maximum atomic E-state index is 11.2. The van der Waals surface area contributed by atoms with Gasteiger partial charge in [0.2, 0.25) is 0 Å². The summed E-state index contributed by atoms with van der Waals surface area (Å²) in [5, 5.41) is 0. The molecule has 0 aliphatic heterocycles. The first kappa shape index (κ1) is 13.7. The standard InChI is InChI=1S/C10H21NO2S/c1-4-10(3,9-11)7-6-8-14(12,13)5-2/h4H,1,5-9,11H2,2-3H3. The minimum absolute atomic E-state index is 0.122. The molecule has 0 amide bonds. The molecule has 0 aromatic rings. The Balaban J connectivity index is 4.02. The summed E-state index contributed by atoms with van der Waals surface area (Å²) in [5.41, 5.74) is 5.46. The van der Waals surface area contributed by atoms with Gasteiger partial charge in [-0.1, -0.05) is 19.9 Å². The van der Waals surface area contributed by atoms with Gasteiger partial charge < -0.3 is 5.73 Å². The van der Waals surface area contributed by atoms with Gasteiger partial charge in [0.1, 0.15) is 9.84 Å². The fraction of sp³-hybridized carbons (Fsp3) is 0.800. The summed E-state index contributed by atoms with van der Waals surface area (Å²) in [6.07, 6.45) is 3.26. The molecule has 0 aliphatic carbocycles. The molecule has 0 radical (unpaired) electrons. The topological polar surface area (TPSA) is 60.2 Å². The van der Waals surface area contributed by atoms with Crippen LogP contribution in [-0.4, -0.2) is 26.5 Å². The van der Waals surface area contributed by atoms with Gasteiger partial charge in [0, 0.05) is 12.3 Å². The Hall–Kier alpha value is -0.350. The number of nitrogens with two attached hydrogens (primary N) is 1. The molecule has 0 saturated carbocycles. The van der Waals surface area contributed by atoms with E-state index in [-0.39, 0.29) is 16.9 Å². The summed E-state index contributed by atoms with van der Waals surface area (Å²) < 4.78 is 22.4. The molecule has 0 spiro atoms. The smallest absolute Gasteiger partial charge is 0.150 e. The van der Waals surface area contributed by atoms with Gasteiger partial charge in [0.15, 0.2) is 0 Å². The molecule has 1 unspecified atom stereocenters. The van der Waals surface area contributed by atoms with E-state index in [9.17, 15) is 8.42 Å². The molecule has 84 valence electrons. The summed E-state index contributed by atoms with van der Waals surface area (Å²) in [4.78, 5) is 0. The van der Waals surface area contributed by atoms with Crippen molar-refractivity contribution in [3.63, 3.8) is 0 Å². The van der Waals surface area contributed by atoms with Gasteiger partial charge in [-0.15, -0.1) is 6.58 Å². The Morgan fingerprint density at radius 2 is 2.07 bits per heavy atom. The lowest BCUT2D eigenvalue weighted by Crippen LogP contribution is -2.25. The highest BCUT2D eigenvalue weighted by atomic mass is 32.2. The molecule has 0 fully saturated rings. The van der Waals surface area contributed by atoms with Crippen LogP contribution in [0.2, 0.25) is 0 Å². The van der Waals surface area contributed by atoms with Crippen LogP contribution in [0, 0.1) is 5.41 Å². The Kier molecular flexibility index (Phi) is 5.37. The highest BCUT2D eigenvalue weighted by molar-refractivity contribution is 7.91. The molecule has 4 heteroatoms. The van der Waals surface area contributed by atoms with E-state index in [2.05, 4.69) is 6.58 Å². The first-order valence-corrected chi connectivity index (χ1v) is 6.75. The highest BCUT2D eigenvalue weighted by Gasteiger charge is 2.18. The van der Waals surface area contributed by atoms with Gasteiger partial charge in [-0.25, -0.2) is 8.42 Å².